The standard InChI is InChI=1S/C20H29N3O3.ClH/c1-25-18-8-9-21-17(19(18)26-2)12-23-10-15(13-6-7-13)16(11-23)22-20(24)14-4-3-5-14;/h8-9,13-16H,3-7,10-12H2,1-2H3,(H,22,24);1H/t15-,16+;/m1./s1. The van der Waals surface area contributed by atoms with E-state index in [0.29, 0.717) is 17.4 Å². The third-order valence-electron chi connectivity index (χ3n) is 6.21. The third-order valence-corrected chi connectivity index (χ3v) is 6.21. The molecule has 1 N–H and O–H groups in total. The Bertz CT molecular complexity index is 664. The number of carbonyl (C=O) groups is 1. The SMILES string of the molecule is COc1ccnc(CN2C[C@H](NC(=O)C3CCC3)[C@@H](C3CC3)C2)c1OC.Cl. The molecule has 0 spiro atoms. The van der Waals surface area contributed by atoms with Gasteiger partial charge in [0.25, 0.3) is 0 Å². The Kier molecular flexibility index (Phi) is 6.48. The topological polar surface area (TPSA) is 63.7 Å². The van der Waals surface area contributed by atoms with Crippen molar-refractivity contribution in [3.05, 3.63) is 18.0 Å². The number of amides is 1. The van der Waals surface area contributed by atoms with Crippen LogP contribution in [0.1, 0.15) is 37.8 Å². The summed E-state index contributed by atoms with van der Waals surface area (Å²) in [7, 11) is 3.30. The van der Waals surface area contributed by atoms with E-state index in [2.05, 4.69) is 15.2 Å². The van der Waals surface area contributed by atoms with Crippen molar-refractivity contribution >= 4 is 18.3 Å². The second kappa shape index (κ2) is 8.65. The van der Waals surface area contributed by atoms with Gasteiger partial charge in [-0.25, -0.2) is 0 Å². The molecule has 150 valence electrons. The number of likely N-dealkylation sites (tertiary alicyclic amines) is 1. The fourth-order valence-corrected chi connectivity index (χ4v) is 4.34. The molecule has 1 amide bonds. The predicted molar refractivity (Wildman–Crippen MR) is 105 cm³/mol. The summed E-state index contributed by atoms with van der Waals surface area (Å²) in [5, 5.41) is 3.36. The fourth-order valence-electron chi connectivity index (χ4n) is 4.34. The van der Waals surface area contributed by atoms with Crippen molar-refractivity contribution in [3.63, 3.8) is 0 Å². The van der Waals surface area contributed by atoms with Crippen LogP contribution in [0.25, 0.3) is 0 Å². The summed E-state index contributed by atoms with van der Waals surface area (Å²) < 4.78 is 10.9. The number of methoxy groups -OCH3 is 2. The Morgan fingerprint density at radius 3 is 2.59 bits per heavy atom. The second-order valence-corrected chi connectivity index (χ2v) is 7.93. The zero-order chi connectivity index (χ0) is 18.1. The van der Waals surface area contributed by atoms with E-state index in [9.17, 15) is 4.79 Å². The maximum Gasteiger partial charge on any atom is 0.223 e. The number of hydrogen-bond acceptors (Lipinski definition) is 5. The first kappa shape index (κ1) is 20.2. The van der Waals surface area contributed by atoms with Crippen LogP contribution in [0.15, 0.2) is 12.3 Å². The molecule has 1 aromatic heterocycles. The molecule has 0 radical (unpaired) electrons. The number of hydrogen-bond donors (Lipinski definition) is 1. The Labute approximate surface area is 167 Å². The van der Waals surface area contributed by atoms with Gasteiger partial charge in [-0.15, -0.1) is 12.4 Å². The van der Waals surface area contributed by atoms with Crippen molar-refractivity contribution in [2.24, 2.45) is 17.8 Å². The van der Waals surface area contributed by atoms with Crippen molar-refractivity contribution in [2.45, 2.75) is 44.7 Å². The Morgan fingerprint density at radius 1 is 1.22 bits per heavy atom. The molecule has 27 heavy (non-hydrogen) atoms. The van der Waals surface area contributed by atoms with Crippen LogP contribution >= 0.6 is 12.4 Å². The van der Waals surface area contributed by atoms with Crippen LogP contribution in [-0.2, 0) is 11.3 Å². The van der Waals surface area contributed by atoms with Gasteiger partial charge >= 0.3 is 0 Å². The van der Waals surface area contributed by atoms with Gasteiger partial charge in [-0.3, -0.25) is 14.7 Å². The number of nitrogens with one attached hydrogen (secondary N) is 1. The van der Waals surface area contributed by atoms with Crippen LogP contribution in [0.3, 0.4) is 0 Å². The minimum Gasteiger partial charge on any atom is -0.493 e. The zero-order valence-corrected chi connectivity index (χ0v) is 17.0. The van der Waals surface area contributed by atoms with E-state index in [-0.39, 0.29) is 30.3 Å². The molecule has 3 aliphatic rings. The lowest BCUT2D eigenvalue weighted by Crippen LogP contribution is -2.45. The number of carbonyl (C=O) groups excluding carboxylic acids is 1. The summed E-state index contributed by atoms with van der Waals surface area (Å²) in [5.41, 5.74) is 0.896. The van der Waals surface area contributed by atoms with Crippen LogP contribution < -0.4 is 14.8 Å². The highest BCUT2D eigenvalue weighted by Crippen LogP contribution is 2.42. The summed E-state index contributed by atoms with van der Waals surface area (Å²) in [4.78, 5) is 19.4. The van der Waals surface area contributed by atoms with E-state index in [0.717, 1.165) is 44.1 Å². The summed E-state index contributed by atoms with van der Waals surface area (Å²) >= 11 is 0. The molecule has 6 nitrogen and oxygen atoms in total. The minimum atomic E-state index is 0. The molecule has 1 aromatic rings. The molecule has 1 saturated heterocycles. The minimum absolute atomic E-state index is 0. The van der Waals surface area contributed by atoms with Crippen LogP contribution in [0, 0.1) is 17.8 Å². The van der Waals surface area contributed by atoms with E-state index >= 15 is 0 Å². The molecule has 0 unspecified atom stereocenters. The van der Waals surface area contributed by atoms with Gasteiger partial charge in [-0.1, -0.05) is 6.42 Å². The van der Waals surface area contributed by atoms with Gasteiger partial charge in [0, 0.05) is 43.9 Å². The second-order valence-electron chi connectivity index (χ2n) is 7.93. The lowest BCUT2D eigenvalue weighted by Gasteiger charge is -2.28. The summed E-state index contributed by atoms with van der Waals surface area (Å²) in [6, 6.07) is 2.09. The van der Waals surface area contributed by atoms with Crippen LogP contribution in [-0.4, -0.2) is 49.1 Å². The molecule has 4 rings (SSSR count). The van der Waals surface area contributed by atoms with Crippen molar-refractivity contribution in [3.8, 4) is 11.5 Å². The molecule has 2 atom stereocenters. The Hall–Kier alpha value is -1.53. The Balaban J connectivity index is 0.00000210. The van der Waals surface area contributed by atoms with Crippen molar-refractivity contribution in [2.75, 3.05) is 27.3 Å². The van der Waals surface area contributed by atoms with Crippen LogP contribution in [0.5, 0.6) is 11.5 Å². The third kappa shape index (κ3) is 4.32. The number of nitrogens with zero attached hydrogens (tertiary/aromatic N) is 2. The lowest BCUT2D eigenvalue weighted by molar-refractivity contribution is -0.128. The van der Waals surface area contributed by atoms with Gasteiger partial charge in [0.2, 0.25) is 5.91 Å². The molecule has 7 heteroatoms. The number of rotatable bonds is 7. The smallest absolute Gasteiger partial charge is 0.223 e. The van der Waals surface area contributed by atoms with Crippen LogP contribution in [0.2, 0.25) is 0 Å². The number of halogens is 1. The first-order chi connectivity index (χ1) is 12.7. The number of ether oxygens (including phenoxy) is 2. The molecule has 3 fully saturated rings. The highest BCUT2D eigenvalue weighted by Gasteiger charge is 2.44. The van der Waals surface area contributed by atoms with E-state index in [1.54, 1.807) is 20.4 Å². The van der Waals surface area contributed by atoms with E-state index in [1.807, 2.05) is 6.07 Å². The first-order valence-electron chi connectivity index (χ1n) is 9.78. The van der Waals surface area contributed by atoms with Gasteiger partial charge in [-0.2, -0.15) is 0 Å². The lowest BCUT2D eigenvalue weighted by atomic mass is 9.84. The first-order valence-corrected chi connectivity index (χ1v) is 9.78. The van der Waals surface area contributed by atoms with Crippen molar-refractivity contribution < 1.29 is 14.3 Å². The molecular weight excluding hydrogens is 366 g/mol. The molecule has 2 saturated carbocycles. The monoisotopic (exact) mass is 395 g/mol. The van der Waals surface area contributed by atoms with E-state index in [1.165, 1.54) is 19.3 Å². The molecule has 1 aliphatic heterocycles. The Morgan fingerprint density at radius 2 is 2.00 bits per heavy atom. The average molecular weight is 396 g/mol. The summed E-state index contributed by atoms with van der Waals surface area (Å²) in [5.74, 6) is 3.28. The largest absolute Gasteiger partial charge is 0.493 e. The number of pyridine rings is 1. The maximum absolute atomic E-state index is 12.4. The van der Waals surface area contributed by atoms with Gasteiger partial charge in [0.15, 0.2) is 11.5 Å². The van der Waals surface area contributed by atoms with Crippen molar-refractivity contribution in [1.82, 2.24) is 15.2 Å². The summed E-state index contributed by atoms with van der Waals surface area (Å²) in [6.45, 7) is 2.63. The molecular formula is C20H30ClN3O3. The maximum atomic E-state index is 12.4. The molecule has 2 aliphatic carbocycles. The van der Waals surface area contributed by atoms with E-state index in [4.69, 9.17) is 9.47 Å². The quantitative estimate of drug-likeness (QED) is 0.768. The highest BCUT2D eigenvalue weighted by atomic mass is 35.5. The van der Waals surface area contributed by atoms with E-state index < -0.39 is 0 Å². The zero-order valence-electron chi connectivity index (χ0n) is 16.1. The fraction of sp³-hybridized carbons (Fsp3) is 0.700. The predicted octanol–water partition coefficient (Wildman–Crippen LogP) is 2.65. The van der Waals surface area contributed by atoms with Gasteiger partial charge in [-0.05, 0) is 37.5 Å². The van der Waals surface area contributed by atoms with Gasteiger partial charge in [0.1, 0.15) is 5.69 Å². The molecule has 0 bridgehead atoms. The summed E-state index contributed by atoms with van der Waals surface area (Å²) in [6.07, 6.45) is 7.68. The average Bonchev–Trinajstić information content (AvgIpc) is 3.35. The van der Waals surface area contributed by atoms with Gasteiger partial charge < -0.3 is 14.8 Å². The number of aromatic nitrogens is 1. The molecule has 2 heterocycles. The molecule has 0 aromatic carbocycles. The van der Waals surface area contributed by atoms with Gasteiger partial charge in [0.05, 0.1) is 14.2 Å². The van der Waals surface area contributed by atoms with Crippen LogP contribution in [0.4, 0.5) is 0 Å². The highest BCUT2D eigenvalue weighted by molar-refractivity contribution is 5.85. The van der Waals surface area contributed by atoms with Crippen molar-refractivity contribution in [1.29, 1.82) is 0 Å². The normalized spacial score (nSPS) is 25.4.